The van der Waals surface area contributed by atoms with Gasteiger partial charge >= 0.3 is 0 Å². The van der Waals surface area contributed by atoms with E-state index in [1.807, 2.05) is 0 Å². The van der Waals surface area contributed by atoms with Crippen molar-refractivity contribution in [2.45, 2.75) is 38.3 Å². The van der Waals surface area contributed by atoms with E-state index in [4.69, 9.17) is 4.74 Å². The molecule has 1 atom stereocenters. The Labute approximate surface area is 136 Å². The summed E-state index contributed by atoms with van der Waals surface area (Å²) >= 11 is 3.58. The Kier molecular flexibility index (Phi) is 5.19. The fraction of sp³-hybridized carbons (Fsp3) is 0.647. The number of nitrogens with zero attached hydrogens (tertiary/aromatic N) is 1. The van der Waals surface area contributed by atoms with E-state index in [1.165, 1.54) is 50.9 Å². The molecule has 1 heterocycles. The third kappa shape index (κ3) is 4.44. The molecular weight excluding hydrogens is 328 g/mol. The zero-order valence-corrected chi connectivity index (χ0v) is 14.4. The largest absolute Gasteiger partial charge is 0.496 e. The van der Waals surface area contributed by atoms with Crippen LogP contribution in [0.5, 0.6) is 5.75 Å². The molecule has 0 radical (unpaired) electrons. The standard InChI is InChI=1S/C17H25BrN2O/c1-21-17-7-4-13(9-16(17)18)11-20-8-2-3-14(12-20)10-19-15-5-6-15/h4,7,9,14-15,19H,2-3,5-6,8,10-12H2,1H3. The third-order valence-electron chi connectivity index (χ3n) is 4.50. The molecule has 0 amide bonds. The number of likely N-dealkylation sites (tertiary alicyclic amines) is 1. The lowest BCUT2D eigenvalue weighted by Gasteiger charge is -2.33. The fourth-order valence-electron chi connectivity index (χ4n) is 3.15. The maximum absolute atomic E-state index is 5.30. The van der Waals surface area contributed by atoms with Crippen LogP contribution in [0.15, 0.2) is 22.7 Å². The molecule has 0 spiro atoms. The molecule has 4 heteroatoms. The van der Waals surface area contributed by atoms with E-state index >= 15 is 0 Å². The summed E-state index contributed by atoms with van der Waals surface area (Å²) in [6.45, 7) is 4.70. The first-order chi connectivity index (χ1) is 10.2. The van der Waals surface area contributed by atoms with Gasteiger partial charge in [0, 0.05) is 19.1 Å². The van der Waals surface area contributed by atoms with Crippen LogP contribution in [0.2, 0.25) is 0 Å². The molecule has 116 valence electrons. The van der Waals surface area contributed by atoms with Crippen molar-refractivity contribution in [3.63, 3.8) is 0 Å². The van der Waals surface area contributed by atoms with Crippen molar-refractivity contribution in [3.05, 3.63) is 28.2 Å². The highest BCUT2D eigenvalue weighted by atomic mass is 79.9. The van der Waals surface area contributed by atoms with E-state index in [-0.39, 0.29) is 0 Å². The second kappa shape index (κ2) is 7.12. The summed E-state index contributed by atoms with van der Waals surface area (Å²) in [5.41, 5.74) is 1.36. The molecule has 1 saturated heterocycles. The lowest BCUT2D eigenvalue weighted by molar-refractivity contribution is 0.165. The highest BCUT2D eigenvalue weighted by Gasteiger charge is 2.24. The van der Waals surface area contributed by atoms with E-state index in [1.54, 1.807) is 7.11 Å². The predicted molar refractivity (Wildman–Crippen MR) is 89.7 cm³/mol. The van der Waals surface area contributed by atoms with Crippen molar-refractivity contribution >= 4 is 15.9 Å². The molecule has 1 aromatic carbocycles. The lowest BCUT2D eigenvalue weighted by atomic mass is 9.97. The molecule has 1 N–H and O–H groups in total. The van der Waals surface area contributed by atoms with E-state index in [0.717, 1.165) is 28.7 Å². The van der Waals surface area contributed by atoms with Crippen molar-refractivity contribution in [3.8, 4) is 5.75 Å². The number of halogens is 1. The summed E-state index contributed by atoms with van der Waals surface area (Å²) in [4.78, 5) is 2.59. The number of piperidine rings is 1. The lowest BCUT2D eigenvalue weighted by Crippen LogP contribution is -2.39. The number of hydrogen-bond acceptors (Lipinski definition) is 3. The van der Waals surface area contributed by atoms with Gasteiger partial charge < -0.3 is 10.1 Å². The highest BCUT2D eigenvalue weighted by molar-refractivity contribution is 9.10. The number of nitrogens with one attached hydrogen (secondary N) is 1. The Bertz CT molecular complexity index is 476. The molecule has 1 unspecified atom stereocenters. The van der Waals surface area contributed by atoms with Crippen LogP contribution in [0.3, 0.4) is 0 Å². The number of benzene rings is 1. The summed E-state index contributed by atoms with van der Waals surface area (Å²) < 4.78 is 6.35. The Balaban J connectivity index is 1.52. The second-order valence-electron chi connectivity index (χ2n) is 6.39. The number of methoxy groups -OCH3 is 1. The quantitative estimate of drug-likeness (QED) is 0.848. The minimum Gasteiger partial charge on any atom is -0.496 e. The zero-order chi connectivity index (χ0) is 14.7. The van der Waals surface area contributed by atoms with Gasteiger partial charge in [-0.05, 0) is 78.3 Å². The first-order valence-electron chi connectivity index (χ1n) is 8.03. The van der Waals surface area contributed by atoms with Gasteiger partial charge in [0.05, 0.1) is 11.6 Å². The minimum atomic E-state index is 0.820. The van der Waals surface area contributed by atoms with Crippen LogP contribution in [0.4, 0.5) is 0 Å². The van der Waals surface area contributed by atoms with Crippen molar-refractivity contribution in [2.24, 2.45) is 5.92 Å². The summed E-state index contributed by atoms with van der Waals surface area (Å²) in [6.07, 6.45) is 5.48. The van der Waals surface area contributed by atoms with Gasteiger partial charge in [-0.25, -0.2) is 0 Å². The number of hydrogen-bond donors (Lipinski definition) is 1. The van der Waals surface area contributed by atoms with Gasteiger partial charge in [-0.2, -0.15) is 0 Å². The van der Waals surface area contributed by atoms with Crippen LogP contribution in [0.25, 0.3) is 0 Å². The van der Waals surface area contributed by atoms with Gasteiger partial charge in [0.2, 0.25) is 0 Å². The predicted octanol–water partition coefficient (Wildman–Crippen LogP) is 3.42. The van der Waals surface area contributed by atoms with Crippen LogP contribution in [0, 0.1) is 5.92 Å². The Morgan fingerprint density at radius 1 is 1.33 bits per heavy atom. The van der Waals surface area contributed by atoms with Crippen molar-refractivity contribution in [1.29, 1.82) is 0 Å². The molecular formula is C17H25BrN2O. The van der Waals surface area contributed by atoms with Gasteiger partial charge in [0.15, 0.2) is 0 Å². The molecule has 3 nitrogen and oxygen atoms in total. The van der Waals surface area contributed by atoms with Gasteiger partial charge in [0.25, 0.3) is 0 Å². The van der Waals surface area contributed by atoms with E-state index < -0.39 is 0 Å². The first-order valence-corrected chi connectivity index (χ1v) is 8.82. The molecule has 0 bridgehead atoms. The average molecular weight is 353 g/mol. The van der Waals surface area contributed by atoms with Crippen LogP contribution in [-0.2, 0) is 6.54 Å². The van der Waals surface area contributed by atoms with Crippen LogP contribution in [-0.4, -0.2) is 37.7 Å². The summed E-state index contributed by atoms with van der Waals surface area (Å²) in [5.74, 6) is 1.73. The average Bonchev–Trinajstić information content (AvgIpc) is 3.30. The Morgan fingerprint density at radius 2 is 2.19 bits per heavy atom. The van der Waals surface area contributed by atoms with Crippen LogP contribution < -0.4 is 10.1 Å². The molecule has 21 heavy (non-hydrogen) atoms. The first kappa shape index (κ1) is 15.3. The van der Waals surface area contributed by atoms with Gasteiger partial charge in [-0.3, -0.25) is 4.90 Å². The molecule has 0 aromatic heterocycles. The smallest absolute Gasteiger partial charge is 0.133 e. The maximum atomic E-state index is 5.30. The van der Waals surface area contributed by atoms with E-state index in [0.29, 0.717) is 0 Å². The summed E-state index contributed by atoms with van der Waals surface area (Å²) in [5, 5.41) is 3.68. The Morgan fingerprint density at radius 3 is 2.90 bits per heavy atom. The molecule has 1 aliphatic heterocycles. The molecule has 1 aliphatic carbocycles. The van der Waals surface area contributed by atoms with Crippen LogP contribution in [0.1, 0.15) is 31.2 Å². The third-order valence-corrected chi connectivity index (χ3v) is 5.12. The van der Waals surface area contributed by atoms with Crippen molar-refractivity contribution < 1.29 is 4.74 Å². The minimum absolute atomic E-state index is 0.820. The van der Waals surface area contributed by atoms with Crippen molar-refractivity contribution in [2.75, 3.05) is 26.7 Å². The molecule has 2 aliphatic rings. The number of rotatable bonds is 6. The van der Waals surface area contributed by atoms with E-state index in [9.17, 15) is 0 Å². The Hall–Kier alpha value is -0.580. The van der Waals surface area contributed by atoms with Crippen molar-refractivity contribution in [1.82, 2.24) is 10.2 Å². The molecule has 1 aromatic rings. The van der Waals surface area contributed by atoms with E-state index in [2.05, 4.69) is 44.3 Å². The normalized spacial score (nSPS) is 23.2. The maximum Gasteiger partial charge on any atom is 0.133 e. The number of ether oxygens (including phenoxy) is 1. The summed E-state index contributed by atoms with van der Waals surface area (Å²) in [7, 11) is 1.71. The van der Waals surface area contributed by atoms with Gasteiger partial charge in [-0.15, -0.1) is 0 Å². The van der Waals surface area contributed by atoms with Gasteiger partial charge in [-0.1, -0.05) is 6.07 Å². The molecule has 3 rings (SSSR count). The summed E-state index contributed by atoms with van der Waals surface area (Å²) in [6, 6.07) is 7.24. The zero-order valence-electron chi connectivity index (χ0n) is 12.8. The SMILES string of the molecule is COc1ccc(CN2CCCC(CNC3CC3)C2)cc1Br. The molecule has 1 saturated carbocycles. The fourth-order valence-corrected chi connectivity index (χ4v) is 3.74. The highest BCUT2D eigenvalue weighted by Crippen LogP contribution is 2.27. The topological polar surface area (TPSA) is 24.5 Å². The molecule has 2 fully saturated rings. The monoisotopic (exact) mass is 352 g/mol. The second-order valence-corrected chi connectivity index (χ2v) is 7.25. The van der Waals surface area contributed by atoms with Crippen LogP contribution >= 0.6 is 15.9 Å². The van der Waals surface area contributed by atoms with Gasteiger partial charge in [0.1, 0.15) is 5.75 Å².